The molecule has 0 radical (unpaired) electrons. The maximum absolute atomic E-state index is 11.2. The summed E-state index contributed by atoms with van der Waals surface area (Å²) < 4.78 is 5.24. The molecule has 3 heteroatoms. The van der Waals surface area contributed by atoms with E-state index in [-0.39, 0.29) is 0 Å². The molecule has 3 nitrogen and oxygen atoms in total. The number of carboxylic acids is 1. The number of hydrogen-bond donors (Lipinski definition) is 1. The summed E-state index contributed by atoms with van der Waals surface area (Å²) in [5, 5.41) is 9.22. The van der Waals surface area contributed by atoms with Crippen molar-refractivity contribution in [2.45, 2.75) is 31.6 Å². The maximum Gasteiger partial charge on any atom is 0.314 e. The van der Waals surface area contributed by atoms with Gasteiger partial charge in [-0.2, -0.15) is 0 Å². The van der Waals surface area contributed by atoms with Crippen LogP contribution in [0.4, 0.5) is 0 Å². The number of methoxy groups -OCH3 is 1. The van der Waals surface area contributed by atoms with Crippen molar-refractivity contribution in [1.82, 2.24) is 0 Å². The molecule has 0 aromatic heterocycles. The molecule has 16 heavy (non-hydrogen) atoms. The number of ether oxygens (including phenoxy) is 1. The second-order valence-corrected chi connectivity index (χ2v) is 4.27. The van der Waals surface area contributed by atoms with E-state index in [2.05, 4.69) is 0 Å². The molecule has 1 N–H and O–H groups in total. The van der Waals surface area contributed by atoms with E-state index < -0.39 is 11.4 Å². The van der Waals surface area contributed by atoms with E-state index >= 15 is 0 Å². The average molecular weight is 220 g/mol. The molecule has 0 heterocycles. The Bertz CT molecular complexity index is 419. The minimum atomic E-state index is -0.709. The van der Waals surface area contributed by atoms with Crippen molar-refractivity contribution in [3.05, 3.63) is 29.3 Å². The smallest absolute Gasteiger partial charge is 0.314 e. The van der Waals surface area contributed by atoms with Crippen molar-refractivity contribution in [3.63, 3.8) is 0 Å². The third-order valence-corrected chi connectivity index (χ3v) is 3.37. The summed E-state index contributed by atoms with van der Waals surface area (Å²) in [4.78, 5) is 11.2. The third kappa shape index (κ3) is 1.56. The number of hydrogen-bond acceptors (Lipinski definition) is 2. The Morgan fingerprint density at radius 2 is 2.19 bits per heavy atom. The molecule has 1 fully saturated rings. The molecule has 2 rings (SSSR count). The molecule has 0 atom stereocenters. The van der Waals surface area contributed by atoms with Gasteiger partial charge in [0, 0.05) is 0 Å². The van der Waals surface area contributed by atoms with Crippen LogP contribution in [0.2, 0.25) is 0 Å². The largest absolute Gasteiger partial charge is 0.496 e. The molecular weight excluding hydrogens is 204 g/mol. The van der Waals surface area contributed by atoms with Gasteiger partial charge in [-0.1, -0.05) is 19.1 Å². The Morgan fingerprint density at radius 3 is 2.62 bits per heavy atom. The van der Waals surface area contributed by atoms with Gasteiger partial charge in [-0.3, -0.25) is 4.79 Å². The second-order valence-electron chi connectivity index (χ2n) is 4.27. The van der Waals surface area contributed by atoms with Gasteiger partial charge in [0.2, 0.25) is 0 Å². The summed E-state index contributed by atoms with van der Waals surface area (Å²) in [6.45, 7) is 2.04. The van der Waals surface area contributed by atoms with Gasteiger partial charge >= 0.3 is 5.97 Å². The number of carbonyl (C=O) groups is 1. The van der Waals surface area contributed by atoms with E-state index in [1.54, 1.807) is 7.11 Å². The summed E-state index contributed by atoms with van der Waals surface area (Å²) in [7, 11) is 1.64. The molecule has 1 saturated carbocycles. The average Bonchev–Trinajstić information content (AvgIpc) is 3.09. The Kier molecular flexibility index (Phi) is 2.62. The van der Waals surface area contributed by atoms with Gasteiger partial charge in [-0.05, 0) is 36.5 Å². The van der Waals surface area contributed by atoms with Crippen molar-refractivity contribution < 1.29 is 14.6 Å². The Balaban J connectivity index is 2.40. The molecule has 1 aliphatic carbocycles. The lowest BCUT2D eigenvalue weighted by Gasteiger charge is -2.13. The zero-order valence-corrected chi connectivity index (χ0v) is 9.62. The van der Waals surface area contributed by atoms with Crippen LogP contribution in [0.3, 0.4) is 0 Å². The van der Waals surface area contributed by atoms with Crippen LogP contribution in [0.15, 0.2) is 18.2 Å². The first-order valence-electron chi connectivity index (χ1n) is 5.55. The zero-order chi connectivity index (χ0) is 11.8. The fraction of sp³-hybridized carbons (Fsp3) is 0.462. The van der Waals surface area contributed by atoms with Crippen LogP contribution in [0.1, 0.15) is 30.9 Å². The minimum absolute atomic E-state index is 0.615. The van der Waals surface area contributed by atoms with Crippen LogP contribution < -0.4 is 4.74 Å². The first-order valence-corrected chi connectivity index (χ1v) is 5.55. The third-order valence-electron chi connectivity index (χ3n) is 3.37. The quantitative estimate of drug-likeness (QED) is 0.847. The molecule has 1 aliphatic rings. The summed E-state index contributed by atoms with van der Waals surface area (Å²) in [6, 6.07) is 5.72. The van der Waals surface area contributed by atoms with Crippen LogP contribution >= 0.6 is 0 Å². The number of aliphatic carboxylic acids is 1. The molecule has 0 saturated heterocycles. The Labute approximate surface area is 95.0 Å². The number of rotatable bonds is 4. The van der Waals surface area contributed by atoms with E-state index in [9.17, 15) is 9.90 Å². The summed E-state index contributed by atoms with van der Waals surface area (Å²) >= 11 is 0. The highest BCUT2D eigenvalue weighted by Crippen LogP contribution is 2.49. The topological polar surface area (TPSA) is 46.5 Å². The van der Waals surface area contributed by atoms with Gasteiger partial charge in [0.25, 0.3) is 0 Å². The second kappa shape index (κ2) is 3.81. The molecule has 86 valence electrons. The van der Waals surface area contributed by atoms with Crippen LogP contribution in [-0.4, -0.2) is 18.2 Å². The maximum atomic E-state index is 11.2. The van der Waals surface area contributed by atoms with E-state index in [4.69, 9.17) is 4.74 Å². The highest BCUT2D eigenvalue weighted by Gasteiger charge is 2.51. The van der Waals surface area contributed by atoms with Crippen molar-refractivity contribution in [2.24, 2.45) is 0 Å². The fourth-order valence-corrected chi connectivity index (χ4v) is 2.10. The molecule has 0 unspecified atom stereocenters. The number of benzene rings is 1. The van der Waals surface area contributed by atoms with Crippen LogP contribution in [0.5, 0.6) is 5.75 Å². The monoisotopic (exact) mass is 220 g/mol. The molecule has 1 aromatic carbocycles. The lowest BCUT2D eigenvalue weighted by atomic mass is 9.93. The van der Waals surface area contributed by atoms with Gasteiger partial charge in [0.1, 0.15) is 5.75 Å². The highest BCUT2D eigenvalue weighted by molar-refractivity contribution is 5.85. The van der Waals surface area contributed by atoms with Crippen molar-refractivity contribution in [3.8, 4) is 5.75 Å². The summed E-state index contributed by atoms with van der Waals surface area (Å²) in [5.74, 6) is 0.132. The molecule has 0 amide bonds. The molecule has 0 bridgehead atoms. The molecule has 0 spiro atoms. The van der Waals surface area contributed by atoms with Crippen LogP contribution in [0.25, 0.3) is 0 Å². The van der Waals surface area contributed by atoms with Crippen molar-refractivity contribution >= 4 is 5.97 Å². The minimum Gasteiger partial charge on any atom is -0.496 e. The number of carboxylic acid groups (broad SMARTS) is 1. The molecule has 1 aromatic rings. The summed E-state index contributed by atoms with van der Waals surface area (Å²) in [6.07, 6.45) is 2.35. The summed E-state index contributed by atoms with van der Waals surface area (Å²) in [5.41, 5.74) is 1.38. The molecular formula is C13H16O3. The highest BCUT2D eigenvalue weighted by atomic mass is 16.5. The van der Waals surface area contributed by atoms with Gasteiger partial charge in [-0.15, -0.1) is 0 Å². The van der Waals surface area contributed by atoms with E-state index in [0.717, 1.165) is 36.1 Å². The fourth-order valence-electron chi connectivity index (χ4n) is 2.10. The number of aryl methyl sites for hydroxylation is 1. The predicted octanol–water partition coefficient (Wildman–Crippen LogP) is 2.37. The predicted molar refractivity (Wildman–Crippen MR) is 60.9 cm³/mol. The van der Waals surface area contributed by atoms with Crippen molar-refractivity contribution in [2.75, 3.05) is 7.11 Å². The normalized spacial score (nSPS) is 16.9. The SMILES string of the molecule is CCc1cc(C2(C(=O)O)CC2)ccc1OC. The zero-order valence-electron chi connectivity index (χ0n) is 9.62. The van der Waals surface area contributed by atoms with E-state index in [1.165, 1.54) is 0 Å². The van der Waals surface area contributed by atoms with Gasteiger partial charge in [0.05, 0.1) is 12.5 Å². The first-order chi connectivity index (χ1) is 7.64. The Morgan fingerprint density at radius 1 is 1.50 bits per heavy atom. The van der Waals surface area contributed by atoms with Crippen LogP contribution in [-0.2, 0) is 16.6 Å². The van der Waals surface area contributed by atoms with Gasteiger partial charge < -0.3 is 9.84 Å². The van der Waals surface area contributed by atoms with E-state index in [0.29, 0.717) is 0 Å². The lowest BCUT2D eigenvalue weighted by molar-refractivity contribution is -0.140. The molecule has 0 aliphatic heterocycles. The Hall–Kier alpha value is -1.51. The van der Waals surface area contributed by atoms with E-state index in [1.807, 2.05) is 25.1 Å². The van der Waals surface area contributed by atoms with Gasteiger partial charge in [-0.25, -0.2) is 0 Å². The van der Waals surface area contributed by atoms with Crippen molar-refractivity contribution in [1.29, 1.82) is 0 Å². The van der Waals surface area contributed by atoms with Crippen LogP contribution in [0, 0.1) is 0 Å². The lowest BCUT2D eigenvalue weighted by Crippen LogP contribution is -2.19. The first kappa shape index (κ1) is 11.0. The van der Waals surface area contributed by atoms with Gasteiger partial charge in [0.15, 0.2) is 0 Å². The standard InChI is InChI=1S/C13H16O3/c1-3-9-8-10(4-5-11(9)16-2)13(6-7-13)12(14)15/h4-5,8H,3,6-7H2,1-2H3,(H,14,15).